The second kappa shape index (κ2) is 7.11. The van der Waals surface area contributed by atoms with Gasteiger partial charge in [-0.05, 0) is 42.7 Å². The highest BCUT2D eigenvalue weighted by molar-refractivity contribution is 7.89. The number of hydrogen-bond acceptors (Lipinski definition) is 4. The normalized spacial score (nSPS) is 23.5. The Kier molecular flexibility index (Phi) is 4.86. The molecule has 3 N–H and O–H groups in total. The molecule has 6 nitrogen and oxygen atoms in total. The van der Waals surface area contributed by atoms with E-state index in [0.717, 1.165) is 36.6 Å². The first kappa shape index (κ1) is 19.8. The number of halogens is 1. The van der Waals surface area contributed by atoms with Gasteiger partial charge in [-0.3, -0.25) is 4.79 Å². The predicted octanol–water partition coefficient (Wildman–Crippen LogP) is 3.32. The molecule has 2 atom stereocenters. The number of anilines is 1. The average Bonchev–Trinajstić information content (AvgIpc) is 2.96. The summed E-state index contributed by atoms with van der Waals surface area (Å²) in [6.45, 7) is 0.210. The second-order valence-corrected chi connectivity index (χ2v) is 9.32. The summed E-state index contributed by atoms with van der Waals surface area (Å²) in [6, 6.07) is 11.4. The molecule has 29 heavy (non-hydrogen) atoms. The Hall–Kier alpha value is -2.45. The molecule has 2 aromatic rings. The van der Waals surface area contributed by atoms with Gasteiger partial charge in [0.1, 0.15) is 5.82 Å². The third kappa shape index (κ3) is 3.20. The van der Waals surface area contributed by atoms with E-state index >= 15 is 4.39 Å². The fourth-order valence-corrected chi connectivity index (χ4v) is 5.68. The van der Waals surface area contributed by atoms with Gasteiger partial charge < -0.3 is 10.0 Å². The minimum absolute atomic E-state index is 0.0496. The van der Waals surface area contributed by atoms with Crippen LogP contribution in [0, 0.1) is 5.82 Å². The number of nitrogens with two attached hydrogens (primary N) is 1. The molecule has 1 unspecified atom stereocenters. The van der Waals surface area contributed by atoms with Crippen molar-refractivity contribution in [3.05, 3.63) is 59.4 Å². The van der Waals surface area contributed by atoms with Crippen molar-refractivity contribution < 1.29 is 22.7 Å². The van der Waals surface area contributed by atoms with Gasteiger partial charge in [-0.1, -0.05) is 31.0 Å². The van der Waals surface area contributed by atoms with E-state index in [0.29, 0.717) is 6.42 Å². The lowest BCUT2D eigenvalue weighted by Crippen LogP contribution is -2.49. The number of hydrogen-bond donors (Lipinski definition) is 2. The molecule has 2 aromatic carbocycles. The van der Waals surface area contributed by atoms with Crippen molar-refractivity contribution in [3.63, 3.8) is 0 Å². The van der Waals surface area contributed by atoms with Crippen LogP contribution in [-0.2, 0) is 20.4 Å². The third-order valence-corrected chi connectivity index (χ3v) is 7.15. The number of carboxylic acid groups (broad SMARTS) is 1. The Morgan fingerprint density at radius 2 is 2.00 bits per heavy atom. The Morgan fingerprint density at radius 1 is 1.24 bits per heavy atom. The van der Waals surface area contributed by atoms with Gasteiger partial charge >= 0.3 is 5.97 Å². The predicted molar refractivity (Wildman–Crippen MR) is 107 cm³/mol. The number of benzene rings is 2. The molecule has 0 radical (unpaired) electrons. The highest BCUT2D eigenvalue weighted by Gasteiger charge is 2.54. The summed E-state index contributed by atoms with van der Waals surface area (Å²) >= 11 is 0. The molecular formula is C21H23FN2O4S. The van der Waals surface area contributed by atoms with Gasteiger partial charge in [0.15, 0.2) is 0 Å². The minimum Gasteiger partial charge on any atom is -0.481 e. The SMILES string of the molecule is NS(=O)(=O)c1ccc(F)c([C@@]23CCCCC2c2ccccc2N3CCC(=O)O)c1. The number of carbonyl (C=O) groups is 1. The van der Waals surface area contributed by atoms with Crippen molar-refractivity contribution in [1.82, 2.24) is 0 Å². The fraction of sp³-hybridized carbons (Fsp3) is 0.381. The molecule has 1 heterocycles. The molecule has 1 aliphatic carbocycles. The molecule has 8 heteroatoms. The Morgan fingerprint density at radius 3 is 2.72 bits per heavy atom. The number of rotatable bonds is 5. The van der Waals surface area contributed by atoms with Crippen molar-refractivity contribution in [2.45, 2.75) is 48.5 Å². The van der Waals surface area contributed by atoms with Crippen LogP contribution < -0.4 is 10.0 Å². The lowest BCUT2D eigenvalue weighted by Gasteiger charge is -2.47. The summed E-state index contributed by atoms with van der Waals surface area (Å²) in [4.78, 5) is 13.2. The number of fused-ring (bicyclic) bond motifs is 3. The largest absolute Gasteiger partial charge is 0.481 e. The fourth-order valence-electron chi connectivity index (χ4n) is 5.14. The summed E-state index contributed by atoms with van der Waals surface area (Å²) < 4.78 is 39.1. The van der Waals surface area contributed by atoms with E-state index in [9.17, 15) is 18.3 Å². The highest BCUT2D eigenvalue weighted by Crippen LogP contribution is 2.60. The van der Waals surface area contributed by atoms with E-state index < -0.39 is 27.3 Å². The number of carboxylic acids is 1. The van der Waals surface area contributed by atoms with E-state index in [-0.39, 0.29) is 29.3 Å². The zero-order chi connectivity index (χ0) is 20.8. The number of sulfonamides is 1. The molecule has 1 fully saturated rings. The molecule has 0 amide bonds. The van der Waals surface area contributed by atoms with Crippen LogP contribution in [0.4, 0.5) is 10.1 Å². The standard InChI is InChI=1S/C21H23FN2O4S/c22-18-9-8-14(29(23,27)28)13-17(18)21-11-4-3-6-16(21)15-5-1-2-7-19(15)24(21)12-10-20(25)26/h1-2,5,7-9,13,16H,3-4,6,10-12H2,(H,25,26)(H2,23,27,28)/t16?,21-/m1/s1. The van der Waals surface area contributed by atoms with Crippen LogP contribution >= 0.6 is 0 Å². The van der Waals surface area contributed by atoms with Gasteiger partial charge in [-0.2, -0.15) is 0 Å². The molecule has 0 bridgehead atoms. The maximum atomic E-state index is 15.2. The molecule has 0 saturated heterocycles. The summed E-state index contributed by atoms with van der Waals surface area (Å²) in [5.74, 6) is -1.49. The monoisotopic (exact) mass is 418 g/mol. The smallest absolute Gasteiger partial charge is 0.305 e. The lowest BCUT2D eigenvalue weighted by atomic mass is 9.68. The topological polar surface area (TPSA) is 101 Å². The van der Waals surface area contributed by atoms with Crippen molar-refractivity contribution >= 4 is 21.7 Å². The van der Waals surface area contributed by atoms with Crippen LogP contribution in [-0.4, -0.2) is 26.0 Å². The van der Waals surface area contributed by atoms with E-state index in [1.54, 1.807) is 0 Å². The number of primary sulfonamides is 1. The van der Waals surface area contributed by atoms with E-state index in [2.05, 4.69) is 0 Å². The third-order valence-electron chi connectivity index (χ3n) is 6.24. The first-order valence-corrected chi connectivity index (χ1v) is 11.2. The van der Waals surface area contributed by atoms with Crippen LogP contribution in [0.5, 0.6) is 0 Å². The van der Waals surface area contributed by atoms with E-state index in [4.69, 9.17) is 5.14 Å². The van der Waals surface area contributed by atoms with Crippen LogP contribution in [0.2, 0.25) is 0 Å². The van der Waals surface area contributed by atoms with Crippen LogP contribution in [0.25, 0.3) is 0 Å². The molecule has 154 valence electrons. The average molecular weight is 418 g/mol. The highest BCUT2D eigenvalue weighted by atomic mass is 32.2. The van der Waals surface area contributed by atoms with Crippen molar-refractivity contribution in [3.8, 4) is 0 Å². The van der Waals surface area contributed by atoms with Crippen LogP contribution in [0.15, 0.2) is 47.4 Å². The van der Waals surface area contributed by atoms with Gasteiger partial charge in [-0.25, -0.2) is 17.9 Å². The van der Waals surface area contributed by atoms with Crippen molar-refractivity contribution in [2.75, 3.05) is 11.4 Å². The molecule has 1 saturated carbocycles. The van der Waals surface area contributed by atoms with Crippen LogP contribution in [0.1, 0.15) is 49.1 Å². The zero-order valence-electron chi connectivity index (χ0n) is 15.8. The Labute approximate surface area is 169 Å². The van der Waals surface area contributed by atoms with Gasteiger partial charge in [0.2, 0.25) is 10.0 Å². The minimum atomic E-state index is -4.00. The quantitative estimate of drug-likeness (QED) is 0.776. The maximum absolute atomic E-state index is 15.2. The molecule has 1 aliphatic heterocycles. The second-order valence-electron chi connectivity index (χ2n) is 7.76. The molecule has 0 aromatic heterocycles. The first-order chi connectivity index (χ1) is 13.7. The van der Waals surface area contributed by atoms with Gasteiger partial charge in [-0.15, -0.1) is 0 Å². The molecule has 4 rings (SSSR count). The Bertz CT molecular complexity index is 1070. The summed E-state index contributed by atoms with van der Waals surface area (Å²) in [6.07, 6.45) is 3.15. The molecule has 2 aliphatic rings. The summed E-state index contributed by atoms with van der Waals surface area (Å²) in [5.41, 5.74) is 1.39. The number of nitrogens with zero attached hydrogens (tertiary/aromatic N) is 1. The van der Waals surface area contributed by atoms with E-state index in [1.165, 1.54) is 12.1 Å². The van der Waals surface area contributed by atoms with Gasteiger partial charge in [0.05, 0.1) is 16.9 Å². The molecule has 0 spiro atoms. The van der Waals surface area contributed by atoms with Crippen molar-refractivity contribution in [1.29, 1.82) is 0 Å². The number of aliphatic carboxylic acids is 1. The van der Waals surface area contributed by atoms with Crippen molar-refractivity contribution in [2.24, 2.45) is 5.14 Å². The number of para-hydroxylation sites is 1. The van der Waals surface area contributed by atoms with Gasteiger partial charge in [0, 0.05) is 23.7 Å². The zero-order valence-corrected chi connectivity index (χ0v) is 16.7. The summed E-state index contributed by atoms with van der Waals surface area (Å²) in [7, 11) is -4.00. The molecular weight excluding hydrogens is 395 g/mol. The lowest BCUT2D eigenvalue weighted by molar-refractivity contribution is -0.136. The van der Waals surface area contributed by atoms with Crippen LogP contribution in [0.3, 0.4) is 0 Å². The maximum Gasteiger partial charge on any atom is 0.305 e. The van der Waals surface area contributed by atoms with E-state index in [1.807, 2.05) is 29.2 Å². The Balaban J connectivity index is 1.96. The van der Waals surface area contributed by atoms with Gasteiger partial charge in [0.25, 0.3) is 0 Å². The first-order valence-electron chi connectivity index (χ1n) is 9.66. The summed E-state index contributed by atoms with van der Waals surface area (Å²) in [5, 5.41) is 14.6.